The van der Waals surface area contributed by atoms with Gasteiger partial charge in [-0.05, 0) is 49.1 Å². The molecule has 144 valence electrons. The maximum absolute atomic E-state index is 13.0. The van der Waals surface area contributed by atoms with Crippen LogP contribution >= 0.6 is 0 Å². The molecule has 2 aromatic rings. The number of anilines is 1. The fraction of sp³-hybridized carbons (Fsp3) is 0.238. The highest BCUT2D eigenvalue weighted by Gasteiger charge is 2.53. The van der Waals surface area contributed by atoms with Crippen LogP contribution in [0.3, 0.4) is 0 Å². The van der Waals surface area contributed by atoms with Crippen molar-refractivity contribution in [2.24, 2.45) is 5.41 Å². The zero-order valence-corrected chi connectivity index (χ0v) is 15.1. The molecule has 0 saturated carbocycles. The van der Waals surface area contributed by atoms with E-state index in [4.69, 9.17) is 0 Å². The zero-order valence-electron chi connectivity index (χ0n) is 15.1. The maximum Gasteiger partial charge on any atom is 0.321 e. The Labute approximate surface area is 161 Å². The topological polar surface area (TPSA) is 121 Å². The predicted molar refractivity (Wildman–Crippen MR) is 100 cm³/mol. The van der Waals surface area contributed by atoms with Crippen LogP contribution in [0.15, 0.2) is 48.5 Å². The fourth-order valence-electron chi connectivity index (χ4n) is 3.56. The number of fused-ring (bicyclic) bond motifs is 1. The van der Waals surface area contributed by atoms with Crippen LogP contribution in [0.2, 0.25) is 0 Å². The molecule has 0 aromatic heterocycles. The lowest BCUT2D eigenvalue weighted by molar-refractivity contribution is -0.166. The van der Waals surface area contributed by atoms with Crippen LogP contribution in [-0.2, 0) is 20.8 Å². The van der Waals surface area contributed by atoms with Crippen LogP contribution in [0, 0.1) is 5.41 Å². The first-order chi connectivity index (χ1) is 13.2. The highest BCUT2D eigenvalue weighted by molar-refractivity contribution is 6.03. The number of carboxylic acid groups (broad SMARTS) is 2. The predicted octanol–water partition coefficient (Wildman–Crippen LogP) is 2.71. The molecule has 1 aliphatic carbocycles. The molecule has 1 amide bonds. The van der Waals surface area contributed by atoms with E-state index in [1.807, 2.05) is 0 Å². The Bertz CT molecular complexity index is 952. The quantitative estimate of drug-likeness (QED) is 0.541. The summed E-state index contributed by atoms with van der Waals surface area (Å²) in [5, 5.41) is 22.0. The molecule has 1 aliphatic rings. The monoisotopic (exact) mass is 381 g/mol. The number of carbonyl (C=O) groups excluding carboxylic acids is 2. The van der Waals surface area contributed by atoms with Crippen molar-refractivity contribution in [3.8, 4) is 0 Å². The number of nitrogens with one attached hydrogen (secondary N) is 1. The summed E-state index contributed by atoms with van der Waals surface area (Å²) in [7, 11) is 0. The molecular formula is C21H19NO6. The summed E-state index contributed by atoms with van der Waals surface area (Å²) in [5.41, 5.74) is -0.287. The molecule has 0 radical (unpaired) electrons. The highest BCUT2D eigenvalue weighted by Crippen LogP contribution is 2.44. The molecule has 0 fully saturated rings. The molecule has 7 heteroatoms. The number of hydrogen-bond donors (Lipinski definition) is 3. The number of para-hydroxylation sites is 1. The Morgan fingerprint density at radius 1 is 1.00 bits per heavy atom. The Balaban J connectivity index is 2.08. The third-order valence-corrected chi connectivity index (χ3v) is 5.15. The van der Waals surface area contributed by atoms with Gasteiger partial charge in [-0.1, -0.05) is 30.3 Å². The van der Waals surface area contributed by atoms with Gasteiger partial charge >= 0.3 is 11.9 Å². The average Bonchev–Trinajstić information content (AvgIpc) is 2.66. The van der Waals surface area contributed by atoms with Crippen molar-refractivity contribution >= 4 is 29.3 Å². The van der Waals surface area contributed by atoms with Gasteiger partial charge < -0.3 is 15.5 Å². The average molecular weight is 381 g/mol. The molecule has 3 N–H and O–H groups in total. The summed E-state index contributed by atoms with van der Waals surface area (Å²) in [6.07, 6.45) is -0.648. The molecule has 7 nitrogen and oxygen atoms in total. The molecular weight excluding hydrogens is 362 g/mol. The highest BCUT2D eigenvalue weighted by atomic mass is 16.4. The number of benzene rings is 2. The number of aliphatic carboxylic acids is 2. The van der Waals surface area contributed by atoms with Gasteiger partial charge in [-0.3, -0.25) is 19.2 Å². The van der Waals surface area contributed by atoms with E-state index in [9.17, 15) is 29.4 Å². The summed E-state index contributed by atoms with van der Waals surface area (Å²) in [4.78, 5) is 48.4. The van der Waals surface area contributed by atoms with Crippen molar-refractivity contribution in [3.05, 3.63) is 65.2 Å². The lowest BCUT2D eigenvalue weighted by Gasteiger charge is -2.35. The van der Waals surface area contributed by atoms with Gasteiger partial charge in [0.05, 0.1) is 5.92 Å². The van der Waals surface area contributed by atoms with E-state index in [0.717, 1.165) is 0 Å². The number of rotatable bonds is 5. The molecule has 1 atom stereocenters. The van der Waals surface area contributed by atoms with Gasteiger partial charge in [0, 0.05) is 11.3 Å². The van der Waals surface area contributed by atoms with E-state index in [-0.39, 0.29) is 12.2 Å². The van der Waals surface area contributed by atoms with Gasteiger partial charge in [-0.15, -0.1) is 0 Å². The number of hydrogen-bond acceptors (Lipinski definition) is 4. The van der Waals surface area contributed by atoms with E-state index in [1.165, 1.54) is 19.1 Å². The van der Waals surface area contributed by atoms with Crippen LogP contribution in [-0.4, -0.2) is 33.8 Å². The molecule has 0 saturated heterocycles. The zero-order chi connectivity index (χ0) is 20.5. The second-order valence-corrected chi connectivity index (χ2v) is 6.95. The van der Waals surface area contributed by atoms with Gasteiger partial charge in [0.25, 0.3) is 0 Å². The third kappa shape index (κ3) is 3.38. The minimum atomic E-state index is -2.11. The third-order valence-electron chi connectivity index (χ3n) is 5.15. The van der Waals surface area contributed by atoms with Crippen LogP contribution in [0.4, 0.5) is 5.69 Å². The summed E-state index contributed by atoms with van der Waals surface area (Å²) in [6.45, 7) is 1.39. The lowest BCUT2D eigenvalue weighted by Crippen LogP contribution is -2.47. The summed E-state index contributed by atoms with van der Waals surface area (Å²) >= 11 is 0. The first kappa shape index (κ1) is 19.3. The van der Waals surface area contributed by atoms with Crippen molar-refractivity contribution in [2.45, 2.75) is 25.7 Å². The lowest BCUT2D eigenvalue weighted by atomic mass is 9.66. The maximum atomic E-state index is 13.0. The van der Waals surface area contributed by atoms with E-state index in [1.54, 1.807) is 36.4 Å². The number of amides is 1. The first-order valence-corrected chi connectivity index (χ1v) is 8.71. The standard InChI is InChI=1S/C21H19NO6/c1-12(23)13-7-8-14-10-21(19(25)26,20(27)28)11-17(16(14)9-13)18(24)22-15-5-3-2-4-6-15/h2-9,17H,10-11H2,1H3,(H,22,24)(H,25,26)(H,27,28). The Morgan fingerprint density at radius 3 is 2.21 bits per heavy atom. The SMILES string of the molecule is CC(=O)c1ccc2c(c1)C(C(=O)Nc1ccccc1)CC(C(=O)O)(C(=O)O)C2. The normalized spacial score (nSPS) is 17.2. The van der Waals surface area contributed by atoms with E-state index in [2.05, 4.69) is 5.32 Å². The van der Waals surface area contributed by atoms with Crippen LogP contribution in [0.5, 0.6) is 0 Å². The van der Waals surface area contributed by atoms with Crippen molar-refractivity contribution < 1.29 is 29.4 Å². The number of ketones is 1. The molecule has 28 heavy (non-hydrogen) atoms. The van der Waals surface area contributed by atoms with Crippen molar-refractivity contribution in [3.63, 3.8) is 0 Å². The summed E-state index contributed by atoms with van der Waals surface area (Å²) < 4.78 is 0. The molecule has 0 heterocycles. The van der Waals surface area contributed by atoms with Gasteiger partial charge in [0.2, 0.25) is 5.91 Å². The summed E-state index contributed by atoms with van der Waals surface area (Å²) in [5.74, 6) is -4.70. The molecule has 1 unspecified atom stereocenters. The minimum Gasteiger partial charge on any atom is -0.480 e. The van der Waals surface area contributed by atoms with E-state index in [0.29, 0.717) is 22.4 Å². The number of carboxylic acids is 2. The van der Waals surface area contributed by atoms with Crippen molar-refractivity contribution in [1.29, 1.82) is 0 Å². The van der Waals surface area contributed by atoms with E-state index >= 15 is 0 Å². The molecule has 0 aliphatic heterocycles. The van der Waals surface area contributed by atoms with Gasteiger partial charge in [0.15, 0.2) is 11.2 Å². The summed E-state index contributed by atoms with van der Waals surface area (Å²) in [6, 6.07) is 13.2. The van der Waals surface area contributed by atoms with Crippen molar-refractivity contribution in [2.75, 3.05) is 5.32 Å². The van der Waals surface area contributed by atoms with Gasteiger partial charge in [-0.25, -0.2) is 0 Å². The Kier molecular flexibility index (Phi) is 5.00. The smallest absolute Gasteiger partial charge is 0.321 e. The second kappa shape index (κ2) is 7.26. The second-order valence-electron chi connectivity index (χ2n) is 6.95. The Morgan fingerprint density at radius 2 is 1.64 bits per heavy atom. The van der Waals surface area contributed by atoms with Crippen LogP contribution in [0.25, 0.3) is 0 Å². The molecule has 2 aromatic carbocycles. The largest absolute Gasteiger partial charge is 0.480 e. The minimum absolute atomic E-state index is 0.196. The van der Waals surface area contributed by atoms with Gasteiger partial charge in [-0.2, -0.15) is 0 Å². The Hall–Kier alpha value is -3.48. The molecule has 0 spiro atoms. The van der Waals surface area contributed by atoms with Crippen molar-refractivity contribution in [1.82, 2.24) is 0 Å². The number of Topliss-reactive ketones (excluding diaryl/α,β-unsaturated/α-hetero) is 1. The van der Waals surface area contributed by atoms with E-state index < -0.39 is 35.6 Å². The molecule has 0 bridgehead atoms. The van der Waals surface area contributed by atoms with Crippen LogP contribution in [0.1, 0.15) is 40.7 Å². The van der Waals surface area contributed by atoms with Crippen LogP contribution < -0.4 is 5.32 Å². The fourth-order valence-corrected chi connectivity index (χ4v) is 3.56. The first-order valence-electron chi connectivity index (χ1n) is 8.71. The number of carbonyl (C=O) groups is 4. The van der Waals surface area contributed by atoms with Gasteiger partial charge in [0.1, 0.15) is 0 Å². The molecule has 3 rings (SSSR count).